The van der Waals surface area contributed by atoms with Crippen LogP contribution in [0.25, 0.3) is 0 Å². The highest BCUT2D eigenvalue weighted by Crippen LogP contribution is 2.62. The Morgan fingerprint density at radius 1 is 1.28 bits per heavy atom. The predicted octanol–water partition coefficient (Wildman–Crippen LogP) is 2.43. The summed E-state index contributed by atoms with van der Waals surface area (Å²) in [5.74, 6) is 1.34. The van der Waals surface area contributed by atoms with E-state index in [2.05, 4.69) is 39.9 Å². The zero-order valence-electron chi connectivity index (χ0n) is 17.4. The second-order valence-electron chi connectivity index (χ2n) is 8.57. The Morgan fingerprint density at radius 2 is 2.03 bits per heavy atom. The van der Waals surface area contributed by atoms with Gasteiger partial charge in [-0.1, -0.05) is 36.8 Å². The van der Waals surface area contributed by atoms with E-state index in [1.54, 1.807) is 19.0 Å². The first-order chi connectivity index (χ1) is 13.6. The van der Waals surface area contributed by atoms with E-state index >= 15 is 0 Å². The number of rotatable bonds is 6. The number of nitrogens with one attached hydrogen (secondary N) is 2. The summed E-state index contributed by atoms with van der Waals surface area (Å²) >= 11 is 0. The first-order valence-electron chi connectivity index (χ1n) is 10.5. The Bertz CT molecular complexity index is 721. The third kappa shape index (κ3) is 4.55. The van der Waals surface area contributed by atoms with Crippen molar-refractivity contribution in [3.05, 3.63) is 35.9 Å². The molecule has 4 rings (SSSR count). The van der Waals surface area contributed by atoms with Crippen molar-refractivity contribution in [3.8, 4) is 0 Å². The van der Waals surface area contributed by atoms with Crippen molar-refractivity contribution in [2.24, 2.45) is 16.3 Å². The van der Waals surface area contributed by atoms with Crippen LogP contribution in [0.3, 0.4) is 0 Å². The van der Waals surface area contributed by atoms with Crippen LogP contribution < -0.4 is 10.6 Å². The van der Waals surface area contributed by atoms with Crippen LogP contribution in [0, 0.1) is 11.3 Å². The fourth-order valence-corrected chi connectivity index (χ4v) is 5.01. The number of benzene rings is 1. The topological polar surface area (TPSA) is 66.0 Å². The molecule has 7 heteroatoms. The van der Waals surface area contributed by atoms with E-state index in [9.17, 15) is 4.79 Å². The molecule has 1 spiro atoms. The average molecular weight is 512 g/mol. The van der Waals surface area contributed by atoms with Gasteiger partial charge in [0.25, 0.3) is 0 Å². The number of likely N-dealkylation sites (N-methyl/N-ethyl adjacent to an activating group) is 1. The number of amides is 1. The van der Waals surface area contributed by atoms with Crippen molar-refractivity contribution in [3.63, 3.8) is 0 Å². The third-order valence-corrected chi connectivity index (χ3v) is 6.75. The van der Waals surface area contributed by atoms with Gasteiger partial charge in [-0.15, -0.1) is 24.0 Å². The summed E-state index contributed by atoms with van der Waals surface area (Å²) in [6, 6.07) is 10.8. The monoisotopic (exact) mass is 512 g/mol. The number of nitrogens with zero attached hydrogens (tertiary/aromatic N) is 2. The van der Waals surface area contributed by atoms with E-state index < -0.39 is 0 Å². The summed E-state index contributed by atoms with van der Waals surface area (Å²) in [5, 5.41) is 7.14. The van der Waals surface area contributed by atoms with E-state index in [0.717, 1.165) is 32.0 Å². The summed E-state index contributed by atoms with van der Waals surface area (Å²) in [6.07, 6.45) is 6.23. The van der Waals surface area contributed by atoms with Gasteiger partial charge in [0.15, 0.2) is 5.96 Å². The van der Waals surface area contributed by atoms with E-state index in [1.165, 1.54) is 24.8 Å². The van der Waals surface area contributed by atoms with Gasteiger partial charge in [0.05, 0.1) is 6.10 Å². The second-order valence-corrected chi connectivity index (χ2v) is 8.57. The van der Waals surface area contributed by atoms with E-state index in [1.807, 2.05) is 6.07 Å². The molecule has 1 amide bonds. The lowest BCUT2D eigenvalue weighted by Crippen LogP contribution is -2.72. The Kier molecular flexibility index (Phi) is 7.42. The summed E-state index contributed by atoms with van der Waals surface area (Å²) in [5.41, 5.74) is 1.58. The van der Waals surface area contributed by atoms with Gasteiger partial charge in [-0.05, 0) is 31.2 Å². The van der Waals surface area contributed by atoms with Gasteiger partial charge in [0.2, 0.25) is 5.91 Å². The molecule has 0 radical (unpaired) electrons. The van der Waals surface area contributed by atoms with Crippen molar-refractivity contribution in [1.82, 2.24) is 15.5 Å². The van der Waals surface area contributed by atoms with Crippen molar-refractivity contribution < 1.29 is 9.53 Å². The second kappa shape index (κ2) is 9.64. The van der Waals surface area contributed by atoms with Crippen molar-refractivity contribution in [1.29, 1.82) is 0 Å². The van der Waals surface area contributed by atoms with E-state index in [0.29, 0.717) is 18.1 Å². The van der Waals surface area contributed by atoms with Crippen molar-refractivity contribution in [2.75, 3.05) is 33.8 Å². The number of aliphatic imine (C=N–C) groups is 1. The molecule has 2 saturated carbocycles. The van der Waals surface area contributed by atoms with Crippen LogP contribution in [0.15, 0.2) is 35.3 Å². The quantitative estimate of drug-likeness (QED) is 0.349. The van der Waals surface area contributed by atoms with Gasteiger partial charge in [0.1, 0.15) is 6.54 Å². The summed E-state index contributed by atoms with van der Waals surface area (Å²) in [6.45, 7) is 1.83. The van der Waals surface area contributed by atoms with Gasteiger partial charge in [0, 0.05) is 44.6 Å². The first-order valence-corrected chi connectivity index (χ1v) is 10.5. The molecule has 1 aromatic carbocycles. The minimum Gasteiger partial charge on any atom is -0.377 e. The van der Waals surface area contributed by atoms with Gasteiger partial charge in [-0.25, -0.2) is 4.99 Å². The fourth-order valence-electron chi connectivity index (χ4n) is 5.01. The maximum absolute atomic E-state index is 12.0. The van der Waals surface area contributed by atoms with Crippen molar-refractivity contribution in [2.45, 2.75) is 44.2 Å². The van der Waals surface area contributed by atoms with Gasteiger partial charge < -0.3 is 20.3 Å². The summed E-state index contributed by atoms with van der Waals surface area (Å²) < 4.78 is 6.03. The molecule has 160 valence electrons. The molecule has 1 saturated heterocycles. The number of guanidine groups is 1. The van der Waals surface area contributed by atoms with Gasteiger partial charge in [-0.2, -0.15) is 0 Å². The predicted molar refractivity (Wildman–Crippen MR) is 126 cm³/mol. The average Bonchev–Trinajstić information content (AvgIpc) is 3.07. The largest absolute Gasteiger partial charge is 0.377 e. The molecule has 29 heavy (non-hydrogen) atoms. The van der Waals surface area contributed by atoms with E-state index in [4.69, 9.17) is 4.74 Å². The maximum atomic E-state index is 12.0. The zero-order chi connectivity index (χ0) is 19.6. The highest BCUT2D eigenvalue weighted by atomic mass is 127. The van der Waals surface area contributed by atoms with Crippen molar-refractivity contribution >= 4 is 35.8 Å². The normalized spacial score (nSPS) is 26.6. The maximum Gasteiger partial charge on any atom is 0.243 e. The van der Waals surface area contributed by atoms with Crippen LogP contribution in [0.1, 0.15) is 31.2 Å². The minimum absolute atomic E-state index is 0. The number of carbonyl (C=O) groups excluding carboxylic acids is 1. The van der Waals surface area contributed by atoms with Crippen LogP contribution in [0.4, 0.5) is 0 Å². The Morgan fingerprint density at radius 3 is 2.69 bits per heavy atom. The molecule has 0 aromatic heterocycles. The lowest BCUT2D eigenvalue weighted by atomic mass is 9.46. The smallest absolute Gasteiger partial charge is 0.243 e. The Balaban J connectivity index is 0.00000240. The number of fused-ring (bicyclic) bond motifs is 2. The Labute approximate surface area is 190 Å². The molecule has 1 aromatic rings. The van der Waals surface area contributed by atoms with Gasteiger partial charge in [-0.3, -0.25) is 4.79 Å². The van der Waals surface area contributed by atoms with Crippen LogP contribution in [0.5, 0.6) is 0 Å². The number of halogens is 1. The third-order valence-electron chi connectivity index (χ3n) is 6.75. The van der Waals surface area contributed by atoms with Crippen LogP contribution in [0.2, 0.25) is 0 Å². The molecule has 1 aliphatic heterocycles. The minimum atomic E-state index is 0. The SMILES string of the molecule is CN(C)C(=O)CN=C(NCCc1ccccc1)NC1C2CCOC2C12CCC2.I. The number of carbonyl (C=O) groups is 1. The molecular formula is C22H33IN4O2. The molecule has 3 atom stereocenters. The highest BCUT2D eigenvalue weighted by molar-refractivity contribution is 14.0. The molecular weight excluding hydrogens is 479 g/mol. The number of ether oxygens (including phenoxy) is 1. The molecule has 3 aliphatic rings. The van der Waals surface area contributed by atoms with Gasteiger partial charge >= 0.3 is 0 Å². The van der Waals surface area contributed by atoms with Crippen LogP contribution in [-0.2, 0) is 16.0 Å². The molecule has 6 nitrogen and oxygen atoms in total. The highest BCUT2D eigenvalue weighted by Gasteiger charge is 2.66. The number of hydrogen-bond acceptors (Lipinski definition) is 3. The van der Waals surface area contributed by atoms with Crippen LogP contribution >= 0.6 is 24.0 Å². The molecule has 2 N–H and O–H groups in total. The Hall–Kier alpha value is -1.35. The molecule has 1 heterocycles. The molecule has 0 bridgehead atoms. The standard InChI is InChI=1S/C22H32N4O2.HI/c1-26(2)18(27)15-24-21(23-13-9-16-7-4-3-5-8-16)25-19-17-10-14-28-20(17)22(19)11-6-12-22;/h3-5,7-8,17,19-20H,6,9-15H2,1-2H3,(H2,23,24,25);1H. The number of hydrogen-bond donors (Lipinski definition) is 2. The lowest BCUT2D eigenvalue weighted by Gasteiger charge is -2.63. The first kappa shape index (κ1) is 22.3. The summed E-state index contributed by atoms with van der Waals surface area (Å²) in [7, 11) is 3.53. The van der Waals surface area contributed by atoms with Crippen LogP contribution in [-0.4, -0.2) is 62.7 Å². The molecule has 2 aliphatic carbocycles. The van der Waals surface area contributed by atoms with E-state index in [-0.39, 0.29) is 41.8 Å². The summed E-state index contributed by atoms with van der Waals surface area (Å²) in [4.78, 5) is 18.2. The molecule has 3 fully saturated rings. The zero-order valence-corrected chi connectivity index (χ0v) is 19.7. The molecule has 3 unspecified atom stereocenters. The lowest BCUT2D eigenvalue weighted by molar-refractivity contribution is -0.171. The fraction of sp³-hybridized carbons (Fsp3) is 0.636.